The van der Waals surface area contributed by atoms with Gasteiger partial charge in [0, 0.05) is 38.9 Å². The topological polar surface area (TPSA) is 71.1 Å². The first-order chi connectivity index (χ1) is 16.2. The zero-order valence-electron chi connectivity index (χ0n) is 19.2. The van der Waals surface area contributed by atoms with E-state index in [2.05, 4.69) is 10.2 Å². The summed E-state index contributed by atoms with van der Waals surface area (Å²) in [5.74, 6) is -0.595. The van der Waals surface area contributed by atoms with Crippen molar-refractivity contribution in [2.45, 2.75) is 18.4 Å². The molecule has 176 valence electrons. The highest BCUT2D eigenvalue weighted by Gasteiger charge is 2.43. The molecule has 0 saturated carbocycles. The number of methoxy groups -OCH3 is 1. The van der Waals surface area contributed by atoms with Crippen molar-refractivity contribution in [2.24, 2.45) is 0 Å². The highest BCUT2D eigenvalue weighted by Crippen LogP contribution is 2.42. The van der Waals surface area contributed by atoms with Crippen LogP contribution in [0.3, 0.4) is 0 Å². The van der Waals surface area contributed by atoms with Crippen LogP contribution in [-0.4, -0.2) is 81.3 Å². The first-order valence-corrected chi connectivity index (χ1v) is 11.7. The molecule has 2 aliphatic heterocycles. The van der Waals surface area contributed by atoms with E-state index >= 15 is 0 Å². The van der Waals surface area contributed by atoms with Crippen molar-refractivity contribution in [3.63, 3.8) is 0 Å². The Morgan fingerprint density at radius 3 is 2.55 bits per heavy atom. The van der Waals surface area contributed by atoms with E-state index in [1.807, 2.05) is 54.6 Å². The number of nitrogens with zero attached hydrogens (tertiary/aromatic N) is 2. The lowest BCUT2D eigenvalue weighted by atomic mass is 9.79. The molecule has 0 aliphatic carbocycles. The molecule has 7 nitrogen and oxygen atoms in total. The number of benzene rings is 2. The van der Waals surface area contributed by atoms with Crippen molar-refractivity contribution in [3.8, 4) is 0 Å². The number of amides is 2. The van der Waals surface area contributed by atoms with Crippen LogP contribution >= 0.6 is 0 Å². The molecule has 1 N–H and O–H groups in total. The van der Waals surface area contributed by atoms with Crippen LogP contribution in [0.25, 0.3) is 0 Å². The average molecular weight is 452 g/mol. The van der Waals surface area contributed by atoms with Gasteiger partial charge in [-0.05, 0) is 30.2 Å². The number of carbonyl (C=O) groups is 2. The number of rotatable bonds is 9. The largest absolute Gasteiger partial charge is 0.383 e. The van der Waals surface area contributed by atoms with Gasteiger partial charge in [0.25, 0.3) is 5.91 Å². The van der Waals surface area contributed by atoms with E-state index in [1.54, 1.807) is 12.0 Å². The second-order valence-corrected chi connectivity index (χ2v) is 8.51. The van der Waals surface area contributed by atoms with Gasteiger partial charge in [0.1, 0.15) is 0 Å². The number of ether oxygens (including phenoxy) is 2. The van der Waals surface area contributed by atoms with E-state index < -0.39 is 5.92 Å². The summed E-state index contributed by atoms with van der Waals surface area (Å²) in [6, 6.07) is 16.9. The maximum Gasteiger partial charge on any atom is 0.254 e. The Morgan fingerprint density at radius 1 is 1.06 bits per heavy atom. The second kappa shape index (κ2) is 11.4. The van der Waals surface area contributed by atoms with Crippen molar-refractivity contribution in [1.82, 2.24) is 15.1 Å². The molecule has 0 bridgehead atoms. The van der Waals surface area contributed by atoms with Crippen LogP contribution in [0.15, 0.2) is 54.6 Å². The fourth-order valence-electron chi connectivity index (χ4n) is 4.78. The van der Waals surface area contributed by atoms with E-state index in [4.69, 9.17) is 9.47 Å². The number of hydrogen-bond donors (Lipinski definition) is 1. The fourth-order valence-corrected chi connectivity index (χ4v) is 4.78. The molecule has 2 heterocycles. The first-order valence-electron chi connectivity index (χ1n) is 11.7. The fraction of sp³-hybridized carbons (Fsp3) is 0.462. The number of morpholine rings is 1. The summed E-state index contributed by atoms with van der Waals surface area (Å²) < 4.78 is 10.7. The van der Waals surface area contributed by atoms with Crippen molar-refractivity contribution < 1.29 is 19.1 Å². The molecule has 2 amide bonds. The van der Waals surface area contributed by atoms with Gasteiger partial charge < -0.3 is 19.7 Å². The molecule has 7 heteroatoms. The highest BCUT2D eigenvalue weighted by atomic mass is 16.5. The van der Waals surface area contributed by atoms with Gasteiger partial charge >= 0.3 is 0 Å². The minimum Gasteiger partial charge on any atom is -0.383 e. The highest BCUT2D eigenvalue weighted by molar-refractivity contribution is 6.01. The van der Waals surface area contributed by atoms with Crippen molar-refractivity contribution in [3.05, 3.63) is 71.3 Å². The van der Waals surface area contributed by atoms with Gasteiger partial charge in [0.2, 0.25) is 5.91 Å². The van der Waals surface area contributed by atoms with E-state index in [0.717, 1.165) is 50.4 Å². The molecule has 4 rings (SSSR count). The summed E-state index contributed by atoms with van der Waals surface area (Å²) in [7, 11) is 1.62. The zero-order valence-corrected chi connectivity index (χ0v) is 19.2. The third kappa shape index (κ3) is 5.43. The summed E-state index contributed by atoms with van der Waals surface area (Å²) in [6.07, 6.45) is 0.877. The SMILES string of the molecule is COCCN1C(=O)c2ccccc2[C@H](C(=O)NCCCN2CCOCC2)[C@@H]1c1ccccc1. The summed E-state index contributed by atoms with van der Waals surface area (Å²) in [6.45, 7) is 5.79. The third-order valence-corrected chi connectivity index (χ3v) is 6.45. The molecule has 0 aromatic heterocycles. The van der Waals surface area contributed by atoms with Crippen molar-refractivity contribution >= 4 is 11.8 Å². The smallest absolute Gasteiger partial charge is 0.254 e. The van der Waals surface area contributed by atoms with Crippen molar-refractivity contribution in [2.75, 3.05) is 59.7 Å². The van der Waals surface area contributed by atoms with Gasteiger partial charge in [0.05, 0.1) is 31.8 Å². The van der Waals surface area contributed by atoms with Gasteiger partial charge in [-0.1, -0.05) is 48.5 Å². The number of hydrogen-bond acceptors (Lipinski definition) is 5. The maximum absolute atomic E-state index is 13.6. The monoisotopic (exact) mass is 451 g/mol. The molecule has 2 aliphatic rings. The first kappa shape index (κ1) is 23.4. The minimum absolute atomic E-state index is 0.0480. The minimum atomic E-state index is -0.485. The Kier molecular flexibility index (Phi) is 8.10. The lowest BCUT2D eigenvalue weighted by molar-refractivity contribution is -0.124. The van der Waals surface area contributed by atoms with Crippen molar-refractivity contribution in [1.29, 1.82) is 0 Å². The molecule has 1 saturated heterocycles. The number of fused-ring (bicyclic) bond motifs is 1. The number of carbonyl (C=O) groups excluding carboxylic acids is 2. The van der Waals surface area contributed by atoms with Gasteiger partial charge in [0.15, 0.2) is 0 Å². The zero-order chi connectivity index (χ0) is 23.0. The third-order valence-electron chi connectivity index (χ3n) is 6.45. The molecule has 0 spiro atoms. The normalized spacial score (nSPS) is 21.0. The molecular weight excluding hydrogens is 418 g/mol. The Hall–Kier alpha value is -2.74. The Labute approximate surface area is 195 Å². The molecule has 1 fully saturated rings. The number of nitrogens with one attached hydrogen (secondary N) is 1. The summed E-state index contributed by atoms with van der Waals surface area (Å²) >= 11 is 0. The van der Waals surface area contributed by atoms with Crippen LogP contribution in [-0.2, 0) is 14.3 Å². The van der Waals surface area contributed by atoms with Gasteiger partial charge in [-0.3, -0.25) is 14.5 Å². The summed E-state index contributed by atoms with van der Waals surface area (Å²) in [5.41, 5.74) is 2.33. The Bertz CT molecular complexity index is 930. The molecule has 0 radical (unpaired) electrons. The van der Waals surface area contributed by atoms with E-state index in [9.17, 15) is 9.59 Å². The Morgan fingerprint density at radius 2 is 1.79 bits per heavy atom. The predicted molar refractivity (Wildman–Crippen MR) is 126 cm³/mol. The van der Waals surface area contributed by atoms with Crippen LogP contribution < -0.4 is 5.32 Å². The molecular formula is C26H33N3O4. The van der Waals surface area contributed by atoms with E-state index in [1.165, 1.54) is 0 Å². The van der Waals surface area contributed by atoms with Crippen LogP contribution in [0.5, 0.6) is 0 Å². The molecule has 2 atom stereocenters. The van der Waals surface area contributed by atoms with Crippen LogP contribution in [0.1, 0.15) is 39.9 Å². The molecule has 2 aromatic rings. The Balaban J connectivity index is 1.57. The lowest BCUT2D eigenvalue weighted by Crippen LogP contribution is -2.48. The second-order valence-electron chi connectivity index (χ2n) is 8.51. The lowest BCUT2D eigenvalue weighted by Gasteiger charge is -2.41. The van der Waals surface area contributed by atoms with Crippen LogP contribution in [0.4, 0.5) is 0 Å². The van der Waals surface area contributed by atoms with Crippen LogP contribution in [0, 0.1) is 0 Å². The summed E-state index contributed by atoms with van der Waals surface area (Å²) in [4.78, 5) is 31.2. The average Bonchev–Trinajstić information content (AvgIpc) is 2.87. The van der Waals surface area contributed by atoms with Gasteiger partial charge in [-0.2, -0.15) is 0 Å². The van der Waals surface area contributed by atoms with Gasteiger partial charge in [-0.25, -0.2) is 0 Å². The van der Waals surface area contributed by atoms with E-state index in [0.29, 0.717) is 25.3 Å². The molecule has 0 unspecified atom stereocenters. The van der Waals surface area contributed by atoms with E-state index in [-0.39, 0.29) is 17.9 Å². The quantitative estimate of drug-likeness (QED) is 0.593. The van der Waals surface area contributed by atoms with Crippen LogP contribution in [0.2, 0.25) is 0 Å². The standard InChI is InChI=1S/C26H33N3O4/c1-32-17-16-29-24(20-8-3-2-4-9-20)23(21-10-5-6-11-22(21)26(29)31)25(30)27-12-7-13-28-14-18-33-19-15-28/h2-6,8-11,23-24H,7,12-19H2,1H3,(H,27,30)/t23-,24-/m0/s1. The molecule has 33 heavy (non-hydrogen) atoms. The maximum atomic E-state index is 13.6. The summed E-state index contributed by atoms with van der Waals surface area (Å²) in [5, 5.41) is 3.16. The molecule has 2 aromatic carbocycles. The predicted octanol–water partition coefficient (Wildman–Crippen LogP) is 2.45. The van der Waals surface area contributed by atoms with Gasteiger partial charge in [-0.15, -0.1) is 0 Å².